The summed E-state index contributed by atoms with van der Waals surface area (Å²) in [5, 5.41) is 9.56. The van der Waals surface area contributed by atoms with Crippen LogP contribution < -0.4 is 0 Å². The molecular formula is C8H7FN4S. The molecule has 6 heteroatoms. The highest BCUT2D eigenvalue weighted by Crippen LogP contribution is 2.13. The number of aromatic amines is 1. The van der Waals surface area contributed by atoms with Crippen LogP contribution in [0.5, 0.6) is 0 Å². The summed E-state index contributed by atoms with van der Waals surface area (Å²) in [6, 6.07) is 4.74. The smallest absolute Gasteiger partial charge is 0.207 e. The minimum atomic E-state index is -0.363. The highest BCUT2D eigenvalue weighted by Gasteiger charge is 2.06. The Kier molecular flexibility index (Phi) is 2.12. The Morgan fingerprint density at radius 3 is 2.93 bits per heavy atom. The molecular weight excluding hydrogens is 203 g/mol. The number of benzene rings is 1. The fourth-order valence-corrected chi connectivity index (χ4v) is 1.33. The number of nitrogens with zero attached hydrogens (tertiary/aromatic N) is 3. The van der Waals surface area contributed by atoms with Crippen LogP contribution >= 0.6 is 12.2 Å². The molecule has 0 radical (unpaired) electrons. The molecule has 0 saturated heterocycles. The molecule has 0 bridgehead atoms. The number of hydrogen-bond acceptors (Lipinski definition) is 3. The van der Waals surface area contributed by atoms with Crippen LogP contribution in [0.4, 0.5) is 4.39 Å². The average molecular weight is 210 g/mol. The Morgan fingerprint density at radius 2 is 2.29 bits per heavy atom. The molecule has 0 aliphatic carbocycles. The zero-order valence-corrected chi connectivity index (χ0v) is 8.18. The van der Waals surface area contributed by atoms with Gasteiger partial charge in [0.05, 0.1) is 0 Å². The highest BCUT2D eigenvalue weighted by atomic mass is 32.1. The standard InChI is InChI=1S/C8H7FN4S/c1-5-2-3-6(9)7(4-5)13-8(14)10-11-12-13/h2-4H,1H3,(H,10,12,14). The Balaban J connectivity index is 2.68. The van der Waals surface area contributed by atoms with Crippen molar-refractivity contribution < 1.29 is 4.39 Å². The molecule has 1 N–H and O–H groups in total. The van der Waals surface area contributed by atoms with Gasteiger partial charge in [0.25, 0.3) is 0 Å². The average Bonchev–Trinajstić information content (AvgIpc) is 2.56. The quantitative estimate of drug-likeness (QED) is 0.730. The molecule has 1 heterocycles. The number of tetrazole rings is 1. The van der Waals surface area contributed by atoms with Crippen LogP contribution in [0.15, 0.2) is 18.2 Å². The van der Waals surface area contributed by atoms with E-state index in [2.05, 4.69) is 15.5 Å². The minimum absolute atomic E-state index is 0.203. The number of rotatable bonds is 1. The minimum Gasteiger partial charge on any atom is -0.207 e. The SMILES string of the molecule is Cc1ccc(F)c(-n2[nH]nnc2=S)c1. The lowest BCUT2D eigenvalue weighted by molar-refractivity contribution is 0.605. The van der Waals surface area contributed by atoms with Crippen molar-refractivity contribution in [2.24, 2.45) is 0 Å². The van der Waals surface area contributed by atoms with Gasteiger partial charge in [0.1, 0.15) is 11.5 Å². The first-order valence-electron chi connectivity index (χ1n) is 3.95. The maximum absolute atomic E-state index is 13.4. The van der Waals surface area contributed by atoms with Crippen molar-refractivity contribution in [2.75, 3.05) is 0 Å². The summed E-state index contributed by atoms with van der Waals surface area (Å²) in [4.78, 5) is 0. The number of aromatic nitrogens is 4. The van der Waals surface area contributed by atoms with Crippen LogP contribution in [0.3, 0.4) is 0 Å². The van der Waals surface area contributed by atoms with Crippen LogP contribution in [0.1, 0.15) is 5.56 Å². The molecule has 0 fully saturated rings. The largest absolute Gasteiger partial charge is 0.243 e. The van der Waals surface area contributed by atoms with E-state index in [4.69, 9.17) is 12.2 Å². The van der Waals surface area contributed by atoms with Crippen molar-refractivity contribution in [3.05, 3.63) is 34.4 Å². The molecule has 0 saturated carbocycles. The van der Waals surface area contributed by atoms with E-state index >= 15 is 0 Å². The number of aryl methyl sites for hydroxylation is 1. The van der Waals surface area contributed by atoms with Crippen LogP contribution in [-0.4, -0.2) is 20.2 Å². The van der Waals surface area contributed by atoms with E-state index in [0.717, 1.165) is 5.56 Å². The van der Waals surface area contributed by atoms with Gasteiger partial charge in [-0.2, -0.15) is 5.21 Å². The summed E-state index contributed by atoms with van der Waals surface area (Å²) in [7, 11) is 0. The predicted octanol–water partition coefficient (Wildman–Crippen LogP) is 1.77. The fraction of sp³-hybridized carbons (Fsp3) is 0.125. The second-order valence-corrected chi connectivity index (χ2v) is 3.24. The third-order valence-electron chi connectivity index (χ3n) is 1.81. The molecule has 0 atom stereocenters. The van der Waals surface area contributed by atoms with Gasteiger partial charge in [0.15, 0.2) is 0 Å². The number of H-pyrrole nitrogens is 1. The van der Waals surface area contributed by atoms with E-state index in [1.807, 2.05) is 6.92 Å². The Labute approximate surface area is 84.4 Å². The maximum Gasteiger partial charge on any atom is 0.243 e. The van der Waals surface area contributed by atoms with Crippen molar-refractivity contribution in [1.29, 1.82) is 0 Å². The van der Waals surface area contributed by atoms with Gasteiger partial charge in [-0.15, -0.1) is 0 Å². The summed E-state index contributed by atoms with van der Waals surface area (Å²) in [5.74, 6) is -0.363. The van der Waals surface area contributed by atoms with Gasteiger partial charge >= 0.3 is 0 Å². The Bertz CT molecular complexity index is 516. The van der Waals surface area contributed by atoms with Crippen molar-refractivity contribution >= 4 is 12.2 Å². The van der Waals surface area contributed by atoms with Crippen LogP contribution in [0.25, 0.3) is 5.69 Å². The second kappa shape index (κ2) is 3.30. The van der Waals surface area contributed by atoms with Crippen LogP contribution in [0, 0.1) is 17.5 Å². The third-order valence-corrected chi connectivity index (χ3v) is 2.08. The molecule has 14 heavy (non-hydrogen) atoms. The summed E-state index contributed by atoms with van der Waals surface area (Å²) in [6.07, 6.45) is 0. The van der Waals surface area contributed by atoms with Gasteiger partial charge < -0.3 is 0 Å². The van der Waals surface area contributed by atoms with Crippen molar-refractivity contribution in [3.8, 4) is 5.69 Å². The van der Waals surface area contributed by atoms with Crippen LogP contribution in [-0.2, 0) is 0 Å². The molecule has 2 rings (SSSR count). The van der Waals surface area contributed by atoms with E-state index in [1.165, 1.54) is 10.7 Å². The molecule has 2 aromatic rings. The zero-order valence-electron chi connectivity index (χ0n) is 7.36. The molecule has 4 nitrogen and oxygen atoms in total. The first kappa shape index (κ1) is 9.01. The summed E-state index contributed by atoms with van der Waals surface area (Å²) >= 11 is 4.86. The van der Waals surface area contributed by atoms with Crippen molar-refractivity contribution in [1.82, 2.24) is 20.2 Å². The fourth-order valence-electron chi connectivity index (χ4n) is 1.15. The lowest BCUT2D eigenvalue weighted by Gasteiger charge is -2.03. The van der Waals surface area contributed by atoms with E-state index in [1.54, 1.807) is 12.1 Å². The Hall–Kier alpha value is -1.56. The monoisotopic (exact) mass is 210 g/mol. The van der Waals surface area contributed by atoms with Gasteiger partial charge in [-0.3, -0.25) is 0 Å². The molecule has 0 aliphatic rings. The molecule has 0 spiro atoms. The van der Waals surface area contributed by atoms with Gasteiger partial charge in [-0.1, -0.05) is 16.4 Å². The lowest BCUT2D eigenvalue weighted by Crippen LogP contribution is -2.00. The van der Waals surface area contributed by atoms with Crippen molar-refractivity contribution in [3.63, 3.8) is 0 Å². The first-order chi connectivity index (χ1) is 6.68. The van der Waals surface area contributed by atoms with E-state index in [0.29, 0.717) is 5.69 Å². The molecule has 0 unspecified atom stereocenters. The molecule has 1 aromatic heterocycles. The molecule has 0 amide bonds. The first-order valence-corrected chi connectivity index (χ1v) is 4.36. The van der Waals surface area contributed by atoms with E-state index < -0.39 is 0 Å². The predicted molar refractivity (Wildman–Crippen MR) is 51.2 cm³/mol. The Morgan fingerprint density at radius 1 is 1.50 bits per heavy atom. The van der Waals surface area contributed by atoms with Crippen LogP contribution in [0.2, 0.25) is 0 Å². The summed E-state index contributed by atoms with van der Waals surface area (Å²) in [6.45, 7) is 1.87. The molecule has 1 aromatic carbocycles. The van der Waals surface area contributed by atoms with E-state index in [9.17, 15) is 4.39 Å². The summed E-state index contributed by atoms with van der Waals surface area (Å²) < 4.78 is 14.9. The van der Waals surface area contributed by atoms with Gasteiger partial charge in [-0.25, -0.2) is 9.07 Å². The molecule has 72 valence electrons. The van der Waals surface area contributed by atoms with E-state index in [-0.39, 0.29) is 10.6 Å². The number of halogens is 1. The van der Waals surface area contributed by atoms with Crippen molar-refractivity contribution in [2.45, 2.75) is 6.92 Å². The van der Waals surface area contributed by atoms with Gasteiger partial charge in [-0.05, 0) is 36.8 Å². The zero-order chi connectivity index (χ0) is 10.1. The molecule has 0 aliphatic heterocycles. The van der Waals surface area contributed by atoms with Gasteiger partial charge in [0.2, 0.25) is 4.77 Å². The second-order valence-electron chi connectivity index (χ2n) is 2.87. The summed E-state index contributed by atoms with van der Waals surface area (Å²) in [5.41, 5.74) is 1.28. The lowest BCUT2D eigenvalue weighted by atomic mass is 10.2. The third kappa shape index (κ3) is 1.44. The number of nitrogens with one attached hydrogen (secondary N) is 1. The van der Waals surface area contributed by atoms with Gasteiger partial charge in [0, 0.05) is 0 Å². The topological polar surface area (TPSA) is 46.5 Å². The maximum atomic E-state index is 13.4. The normalized spacial score (nSPS) is 10.4. The number of hydrogen-bond donors (Lipinski definition) is 1. The highest BCUT2D eigenvalue weighted by molar-refractivity contribution is 7.71.